The summed E-state index contributed by atoms with van der Waals surface area (Å²) in [5.74, 6) is 0.649. The van der Waals surface area contributed by atoms with Gasteiger partial charge in [-0.2, -0.15) is 4.72 Å². The van der Waals surface area contributed by atoms with Crippen molar-refractivity contribution in [1.29, 1.82) is 0 Å². The van der Waals surface area contributed by atoms with E-state index in [1.807, 2.05) is 0 Å². The maximum atomic E-state index is 12.7. The van der Waals surface area contributed by atoms with Crippen molar-refractivity contribution in [2.75, 3.05) is 13.2 Å². The molecular weight excluding hydrogens is 368 g/mol. The topological polar surface area (TPSA) is 93.7 Å². The normalized spacial score (nSPS) is 19.6. The van der Waals surface area contributed by atoms with Crippen molar-refractivity contribution in [2.24, 2.45) is 0 Å². The number of carbonyl (C=O) groups excluding carboxylic acids is 1. The van der Waals surface area contributed by atoms with E-state index in [0.717, 1.165) is 32.1 Å². The second-order valence-corrected chi connectivity index (χ2v) is 8.91. The highest BCUT2D eigenvalue weighted by atomic mass is 32.2. The molecule has 7 nitrogen and oxygen atoms in total. The average Bonchev–Trinajstić information content (AvgIpc) is 3.03. The zero-order chi connectivity index (χ0) is 19.3. The number of hydrogen-bond donors (Lipinski definition) is 2. The Balaban J connectivity index is 1.64. The number of fused-ring (bicyclic) bond motifs is 1. The Morgan fingerprint density at radius 3 is 2.41 bits per heavy atom. The second-order valence-electron chi connectivity index (χ2n) is 7.20. The first kappa shape index (κ1) is 19.9. The van der Waals surface area contributed by atoms with Crippen LogP contribution in [0, 0.1) is 0 Å². The van der Waals surface area contributed by atoms with Crippen LogP contribution in [0.4, 0.5) is 0 Å². The molecule has 0 radical (unpaired) electrons. The van der Waals surface area contributed by atoms with Crippen molar-refractivity contribution in [3.8, 4) is 11.5 Å². The van der Waals surface area contributed by atoms with Crippen LogP contribution in [0.2, 0.25) is 0 Å². The van der Waals surface area contributed by atoms with Crippen LogP contribution < -0.4 is 19.5 Å². The van der Waals surface area contributed by atoms with E-state index in [4.69, 9.17) is 9.47 Å². The number of amides is 1. The molecule has 0 spiro atoms. The first-order chi connectivity index (χ1) is 13.0. The van der Waals surface area contributed by atoms with Crippen molar-refractivity contribution < 1.29 is 22.7 Å². The molecule has 0 aromatic heterocycles. The molecule has 1 aliphatic heterocycles. The molecule has 1 amide bonds. The molecule has 1 aromatic rings. The lowest BCUT2D eigenvalue weighted by Crippen LogP contribution is -2.47. The van der Waals surface area contributed by atoms with E-state index in [1.165, 1.54) is 25.0 Å². The van der Waals surface area contributed by atoms with E-state index in [2.05, 4.69) is 10.0 Å². The summed E-state index contributed by atoms with van der Waals surface area (Å²) in [6, 6.07) is 3.77. The number of sulfonamides is 1. The smallest absolute Gasteiger partial charge is 0.241 e. The van der Waals surface area contributed by atoms with E-state index < -0.39 is 16.1 Å². The molecule has 27 heavy (non-hydrogen) atoms. The fourth-order valence-corrected chi connectivity index (χ4v) is 4.63. The first-order valence-corrected chi connectivity index (χ1v) is 11.2. The number of rotatable bonds is 5. The number of carbonyl (C=O) groups is 1. The Hall–Kier alpha value is -1.80. The molecule has 1 fully saturated rings. The third kappa shape index (κ3) is 5.35. The van der Waals surface area contributed by atoms with Gasteiger partial charge in [0.25, 0.3) is 0 Å². The van der Waals surface area contributed by atoms with Gasteiger partial charge in [0.15, 0.2) is 11.5 Å². The third-order valence-corrected chi connectivity index (χ3v) is 6.49. The van der Waals surface area contributed by atoms with E-state index in [0.29, 0.717) is 24.7 Å². The van der Waals surface area contributed by atoms with Gasteiger partial charge < -0.3 is 14.8 Å². The van der Waals surface area contributed by atoms with Crippen LogP contribution in [-0.2, 0) is 14.8 Å². The summed E-state index contributed by atoms with van der Waals surface area (Å²) in [6.07, 6.45) is 7.23. The molecule has 1 aliphatic carbocycles. The second kappa shape index (κ2) is 8.93. The van der Waals surface area contributed by atoms with Gasteiger partial charge in [-0.1, -0.05) is 25.7 Å². The summed E-state index contributed by atoms with van der Waals surface area (Å²) in [7, 11) is -3.84. The van der Waals surface area contributed by atoms with Crippen LogP contribution in [0.1, 0.15) is 51.9 Å². The van der Waals surface area contributed by atoms with E-state index in [9.17, 15) is 13.2 Å². The Morgan fingerprint density at radius 1 is 1.04 bits per heavy atom. The van der Waals surface area contributed by atoms with Gasteiger partial charge in [0.1, 0.15) is 0 Å². The van der Waals surface area contributed by atoms with Crippen molar-refractivity contribution in [3.63, 3.8) is 0 Å². The van der Waals surface area contributed by atoms with Crippen LogP contribution in [-0.4, -0.2) is 39.6 Å². The van der Waals surface area contributed by atoms with Gasteiger partial charge in [0.2, 0.25) is 15.9 Å². The van der Waals surface area contributed by atoms with Crippen molar-refractivity contribution in [1.82, 2.24) is 10.0 Å². The van der Waals surface area contributed by atoms with Gasteiger partial charge in [0, 0.05) is 18.5 Å². The highest BCUT2D eigenvalue weighted by Gasteiger charge is 2.25. The van der Waals surface area contributed by atoms with Gasteiger partial charge >= 0.3 is 0 Å². The highest BCUT2D eigenvalue weighted by Crippen LogP contribution is 2.31. The molecule has 1 saturated carbocycles. The van der Waals surface area contributed by atoms with Gasteiger partial charge in [0.05, 0.1) is 24.2 Å². The molecule has 2 N–H and O–H groups in total. The summed E-state index contributed by atoms with van der Waals surface area (Å²) < 4.78 is 38.9. The van der Waals surface area contributed by atoms with Crippen LogP contribution in [0.15, 0.2) is 23.1 Å². The Morgan fingerprint density at radius 2 is 1.70 bits per heavy atom. The van der Waals surface area contributed by atoms with Crippen molar-refractivity contribution >= 4 is 15.9 Å². The van der Waals surface area contributed by atoms with Gasteiger partial charge in [-0.3, -0.25) is 4.79 Å². The minimum atomic E-state index is -3.84. The standard InChI is InChI=1S/C19H28N2O5S/c1-14(19(22)20-15-7-4-2-3-5-8-15)21-27(23,24)16-9-10-17-18(13-16)26-12-6-11-25-17/h9-10,13-15,21H,2-8,11-12H2,1H3,(H,20,22)/t14-/m0/s1. The molecule has 1 aromatic carbocycles. The maximum absolute atomic E-state index is 12.7. The number of hydrogen-bond acceptors (Lipinski definition) is 5. The third-order valence-electron chi connectivity index (χ3n) is 4.96. The summed E-state index contributed by atoms with van der Waals surface area (Å²) in [5.41, 5.74) is 0. The van der Waals surface area contributed by atoms with E-state index in [1.54, 1.807) is 13.0 Å². The molecule has 150 valence electrons. The monoisotopic (exact) mass is 396 g/mol. The Kier molecular flexibility index (Phi) is 6.59. The molecule has 1 heterocycles. The predicted molar refractivity (Wildman–Crippen MR) is 101 cm³/mol. The van der Waals surface area contributed by atoms with Crippen LogP contribution >= 0.6 is 0 Å². The van der Waals surface area contributed by atoms with Gasteiger partial charge in [-0.25, -0.2) is 8.42 Å². The highest BCUT2D eigenvalue weighted by molar-refractivity contribution is 7.89. The molecule has 0 bridgehead atoms. The molecule has 8 heteroatoms. The van der Waals surface area contributed by atoms with Crippen LogP contribution in [0.25, 0.3) is 0 Å². The van der Waals surface area contributed by atoms with Gasteiger partial charge in [-0.15, -0.1) is 0 Å². The molecular formula is C19H28N2O5S. The lowest BCUT2D eigenvalue weighted by atomic mass is 10.1. The first-order valence-electron chi connectivity index (χ1n) is 9.68. The number of nitrogens with one attached hydrogen (secondary N) is 2. The molecule has 0 unspecified atom stereocenters. The predicted octanol–water partition coefficient (Wildman–Crippen LogP) is 2.35. The number of benzene rings is 1. The maximum Gasteiger partial charge on any atom is 0.241 e. The summed E-state index contributed by atoms with van der Waals surface area (Å²) in [6.45, 7) is 2.58. The Bertz CT molecular complexity index is 757. The fraction of sp³-hybridized carbons (Fsp3) is 0.632. The molecule has 1 atom stereocenters. The Labute approximate surface area is 160 Å². The lowest BCUT2D eigenvalue weighted by molar-refractivity contribution is -0.123. The van der Waals surface area contributed by atoms with E-state index in [-0.39, 0.29) is 16.8 Å². The lowest BCUT2D eigenvalue weighted by Gasteiger charge is -2.20. The summed E-state index contributed by atoms with van der Waals surface area (Å²) in [4.78, 5) is 12.5. The number of ether oxygens (including phenoxy) is 2. The minimum Gasteiger partial charge on any atom is -0.490 e. The zero-order valence-corrected chi connectivity index (χ0v) is 16.5. The van der Waals surface area contributed by atoms with Crippen molar-refractivity contribution in [3.05, 3.63) is 18.2 Å². The summed E-state index contributed by atoms with van der Waals surface area (Å²) >= 11 is 0. The quantitative estimate of drug-likeness (QED) is 0.745. The van der Waals surface area contributed by atoms with Gasteiger partial charge in [-0.05, 0) is 31.9 Å². The SMILES string of the molecule is C[C@H](NS(=O)(=O)c1ccc2c(c1)OCCCO2)C(=O)NC1CCCCCC1. The molecule has 3 rings (SSSR count). The fourth-order valence-electron chi connectivity index (χ4n) is 3.41. The minimum absolute atomic E-state index is 0.0564. The van der Waals surface area contributed by atoms with Crippen LogP contribution in [0.3, 0.4) is 0 Å². The largest absolute Gasteiger partial charge is 0.490 e. The van der Waals surface area contributed by atoms with Crippen LogP contribution in [0.5, 0.6) is 11.5 Å². The average molecular weight is 397 g/mol. The van der Waals surface area contributed by atoms with Crippen molar-refractivity contribution in [2.45, 2.75) is 68.8 Å². The summed E-state index contributed by atoms with van der Waals surface area (Å²) in [5, 5.41) is 2.98. The zero-order valence-electron chi connectivity index (χ0n) is 15.7. The molecule has 2 aliphatic rings. The van der Waals surface area contributed by atoms with E-state index >= 15 is 0 Å². The molecule has 0 saturated heterocycles.